The molecule has 0 aliphatic carbocycles. The van der Waals surface area contributed by atoms with Gasteiger partial charge in [0.05, 0.1) is 12.1 Å². The van der Waals surface area contributed by atoms with E-state index in [1.165, 1.54) is 0 Å². The first-order chi connectivity index (χ1) is 10.5. The Hall–Kier alpha value is -1.14. The summed E-state index contributed by atoms with van der Waals surface area (Å²) < 4.78 is 5.85. The van der Waals surface area contributed by atoms with Gasteiger partial charge in [0.25, 0.3) is 0 Å². The average molecular weight is 320 g/mol. The van der Waals surface area contributed by atoms with E-state index < -0.39 is 0 Å². The molecule has 22 heavy (non-hydrogen) atoms. The van der Waals surface area contributed by atoms with E-state index in [0.717, 1.165) is 22.6 Å². The molecule has 1 amide bonds. The Morgan fingerprint density at radius 2 is 2.00 bits per heavy atom. The van der Waals surface area contributed by atoms with Crippen LogP contribution in [-0.4, -0.2) is 44.6 Å². The molecule has 0 aliphatic rings. The molecule has 2 atom stereocenters. The second-order valence-electron chi connectivity index (χ2n) is 5.44. The Morgan fingerprint density at radius 3 is 2.55 bits per heavy atom. The number of benzene rings is 1. The van der Waals surface area contributed by atoms with Gasteiger partial charge in [-0.3, -0.25) is 4.79 Å². The predicted octanol–water partition coefficient (Wildman–Crippen LogP) is 1.98. The van der Waals surface area contributed by atoms with Crippen molar-refractivity contribution in [3.8, 4) is 5.75 Å². The van der Waals surface area contributed by atoms with Crippen LogP contribution >= 0.6 is 11.8 Å². The quantitative estimate of drug-likeness (QED) is 0.683. The second-order valence-corrected chi connectivity index (χ2v) is 6.43. The van der Waals surface area contributed by atoms with Gasteiger partial charge in [-0.1, -0.05) is 18.2 Å². The highest BCUT2D eigenvalue weighted by Crippen LogP contribution is 2.22. The van der Waals surface area contributed by atoms with Gasteiger partial charge < -0.3 is 15.3 Å². The third kappa shape index (κ3) is 5.93. The molecule has 0 fully saturated rings. The molecule has 0 heterocycles. The number of para-hydroxylation sites is 1. The third-order valence-corrected chi connectivity index (χ3v) is 4.05. The van der Waals surface area contributed by atoms with Crippen LogP contribution in [0.2, 0.25) is 0 Å². The molecule has 6 heteroatoms. The molecule has 2 N–H and O–H groups in total. The first-order valence-corrected chi connectivity index (χ1v) is 8.83. The zero-order chi connectivity index (χ0) is 16.5. The normalized spacial score (nSPS) is 13.5. The van der Waals surface area contributed by atoms with Gasteiger partial charge in [0.2, 0.25) is 5.91 Å². The number of ether oxygens (including phenoxy) is 1. The van der Waals surface area contributed by atoms with Gasteiger partial charge in [0.15, 0.2) is 7.98 Å². The Kier molecular flexibility index (Phi) is 8.42. The van der Waals surface area contributed by atoms with E-state index in [0.29, 0.717) is 13.0 Å². The minimum atomic E-state index is -0.366. The Labute approximate surface area is 139 Å². The van der Waals surface area contributed by atoms with Gasteiger partial charge in [-0.05, 0) is 50.3 Å². The molecule has 1 unspecified atom stereocenters. The molecule has 0 spiro atoms. The summed E-state index contributed by atoms with van der Waals surface area (Å²) in [6.07, 6.45) is 2.71. The second kappa shape index (κ2) is 9.80. The summed E-state index contributed by atoms with van der Waals surface area (Å²) >= 11 is 1.69. The van der Waals surface area contributed by atoms with Gasteiger partial charge >= 0.3 is 0 Å². The van der Waals surface area contributed by atoms with Crippen molar-refractivity contribution in [2.75, 3.05) is 18.6 Å². The number of thioether (sulfide) groups is 1. The summed E-state index contributed by atoms with van der Waals surface area (Å²) in [5.74, 6) is 1.68. The standard InChI is InChI=1S/C16H25BN2O2S/c1-11-6-5-7-12(2)15(11)21-10-13(3)18-16(20)14(19-17)8-9-22-4/h5-7,13-14,19H,8-10H2,1-4H3,(H,18,20)/t13?,14-/m0/s1. The molecule has 0 aromatic heterocycles. The van der Waals surface area contributed by atoms with E-state index in [9.17, 15) is 4.79 Å². The highest BCUT2D eigenvalue weighted by Gasteiger charge is 2.17. The average Bonchev–Trinajstić information content (AvgIpc) is 2.47. The lowest BCUT2D eigenvalue weighted by molar-refractivity contribution is -0.123. The molecule has 1 aromatic carbocycles. The van der Waals surface area contributed by atoms with Gasteiger partial charge in [0, 0.05) is 0 Å². The first kappa shape index (κ1) is 18.9. The van der Waals surface area contributed by atoms with E-state index in [1.807, 2.05) is 45.2 Å². The number of aryl methyl sites for hydroxylation is 2. The van der Waals surface area contributed by atoms with Crippen molar-refractivity contribution in [1.82, 2.24) is 10.5 Å². The van der Waals surface area contributed by atoms with E-state index in [4.69, 9.17) is 12.7 Å². The lowest BCUT2D eigenvalue weighted by Crippen LogP contribution is -2.48. The maximum Gasteiger partial charge on any atom is 0.236 e. The van der Waals surface area contributed by atoms with Crippen LogP contribution in [0, 0.1) is 13.8 Å². The fourth-order valence-electron chi connectivity index (χ4n) is 2.15. The van der Waals surface area contributed by atoms with Crippen molar-refractivity contribution in [3.05, 3.63) is 29.3 Å². The summed E-state index contributed by atoms with van der Waals surface area (Å²) in [5.41, 5.74) is 2.19. The zero-order valence-corrected chi connectivity index (χ0v) is 14.6. The molecule has 0 saturated carbocycles. The molecule has 120 valence electrons. The van der Waals surface area contributed by atoms with Crippen LogP contribution in [0.1, 0.15) is 24.5 Å². The van der Waals surface area contributed by atoms with Crippen LogP contribution in [0.15, 0.2) is 18.2 Å². The number of hydrogen-bond donors (Lipinski definition) is 2. The van der Waals surface area contributed by atoms with Crippen LogP contribution in [0.5, 0.6) is 5.75 Å². The van der Waals surface area contributed by atoms with Gasteiger partial charge in [0.1, 0.15) is 12.4 Å². The number of carbonyl (C=O) groups is 1. The van der Waals surface area contributed by atoms with Crippen LogP contribution in [0.4, 0.5) is 0 Å². The zero-order valence-electron chi connectivity index (χ0n) is 13.8. The highest BCUT2D eigenvalue weighted by atomic mass is 32.2. The van der Waals surface area contributed by atoms with Crippen LogP contribution in [0.25, 0.3) is 0 Å². The van der Waals surface area contributed by atoms with Crippen molar-refractivity contribution in [2.24, 2.45) is 0 Å². The predicted molar refractivity (Wildman–Crippen MR) is 94.7 cm³/mol. The Morgan fingerprint density at radius 1 is 1.36 bits per heavy atom. The molecule has 0 saturated heterocycles. The molecular formula is C16H25BN2O2S. The molecule has 0 aliphatic heterocycles. The van der Waals surface area contributed by atoms with E-state index in [2.05, 4.69) is 10.5 Å². The lowest BCUT2D eigenvalue weighted by Gasteiger charge is -2.21. The van der Waals surface area contributed by atoms with Gasteiger partial charge in [-0.2, -0.15) is 11.8 Å². The topological polar surface area (TPSA) is 50.4 Å². The first-order valence-electron chi connectivity index (χ1n) is 7.44. The van der Waals surface area contributed by atoms with Crippen LogP contribution < -0.4 is 15.3 Å². The molecule has 1 rings (SSSR count). The fourth-order valence-corrected chi connectivity index (χ4v) is 2.62. The van der Waals surface area contributed by atoms with Crippen molar-refractivity contribution < 1.29 is 9.53 Å². The van der Waals surface area contributed by atoms with Gasteiger partial charge in [-0.25, -0.2) is 0 Å². The van der Waals surface area contributed by atoms with Crippen molar-refractivity contribution in [2.45, 2.75) is 39.3 Å². The van der Waals surface area contributed by atoms with Gasteiger partial charge in [-0.15, -0.1) is 0 Å². The molecule has 1 aromatic rings. The summed E-state index contributed by atoms with van der Waals surface area (Å²) in [6, 6.07) is 5.59. The number of rotatable bonds is 9. The molecule has 0 bridgehead atoms. The summed E-state index contributed by atoms with van der Waals surface area (Å²) in [4.78, 5) is 12.1. The van der Waals surface area contributed by atoms with E-state index in [-0.39, 0.29) is 18.0 Å². The van der Waals surface area contributed by atoms with Crippen molar-refractivity contribution >= 4 is 25.7 Å². The number of nitrogens with one attached hydrogen (secondary N) is 2. The molecule has 2 radical (unpaired) electrons. The fraction of sp³-hybridized carbons (Fsp3) is 0.562. The minimum Gasteiger partial charge on any atom is -0.491 e. The number of hydrogen-bond acceptors (Lipinski definition) is 4. The van der Waals surface area contributed by atoms with Crippen molar-refractivity contribution in [3.63, 3.8) is 0 Å². The maximum atomic E-state index is 12.1. The molecular weight excluding hydrogens is 295 g/mol. The minimum absolute atomic E-state index is 0.0864. The number of amides is 1. The smallest absolute Gasteiger partial charge is 0.236 e. The SMILES string of the molecule is [B]N[C@@H](CCSC)C(=O)NC(C)COc1c(C)cccc1C. The number of carbonyl (C=O) groups excluding carboxylic acids is 1. The Bertz CT molecular complexity index is 465. The highest BCUT2D eigenvalue weighted by molar-refractivity contribution is 7.98. The van der Waals surface area contributed by atoms with Crippen LogP contribution in [-0.2, 0) is 4.79 Å². The van der Waals surface area contributed by atoms with Crippen LogP contribution in [0.3, 0.4) is 0 Å². The van der Waals surface area contributed by atoms with Crippen molar-refractivity contribution in [1.29, 1.82) is 0 Å². The summed E-state index contributed by atoms with van der Waals surface area (Å²) in [6.45, 7) is 6.38. The maximum absolute atomic E-state index is 12.1. The summed E-state index contributed by atoms with van der Waals surface area (Å²) in [5, 5.41) is 5.50. The Balaban J connectivity index is 2.48. The molecule has 4 nitrogen and oxygen atoms in total. The summed E-state index contributed by atoms with van der Waals surface area (Å²) in [7, 11) is 5.44. The van der Waals surface area contributed by atoms with E-state index >= 15 is 0 Å². The largest absolute Gasteiger partial charge is 0.491 e. The monoisotopic (exact) mass is 320 g/mol. The third-order valence-electron chi connectivity index (χ3n) is 3.40. The van der Waals surface area contributed by atoms with E-state index in [1.54, 1.807) is 11.8 Å². The lowest BCUT2D eigenvalue weighted by atomic mass is 10.1.